The molecule has 1 aliphatic carbocycles. The van der Waals surface area contributed by atoms with E-state index in [4.69, 9.17) is 0 Å². The first kappa shape index (κ1) is 23.0. The molecule has 0 aliphatic heterocycles. The summed E-state index contributed by atoms with van der Waals surface area (Å²) in [4.78, 5) is 0. The van der Waals surface area contributed by atoms with E-state index < -0.39 is 0 Å². The van der Waals surface area contributed by atoms with Gasteiger partial charge in [-0.25, -0.2) is 0 Å². The van der Waals surface area contributed by atoms with Crippen LogP contribution in [-0.4, -0.2) is 43.9 Å². The molecular weight excluding hydrogens is 208 g/mol. The molecule has 64 valence electrons. The van der Waals surface area contributed by atoms with E-state index in [1.165, 1.54) is 51.4 Å². The molecule has 4 heteroatoms. The lowest BCUT2D eigenvalue weighted by Gasteiger charge is -2.05. The molecule has 12 heavy (non-hydrogen) atoms. The smallest absolute Gasteiger partial charge is 0 e. The quantitative estimate of drug-likeness (QED) is 0.549. The van der Waals surface area contributed by atoms with Gasteiger partial charge in [-0.15, -0.1) is 0 Å². The average Bonchev–Trinajstić information content (AvgIpc) is 1.62. The van der Waals surface area contributed by atoms with E-state index in [-0.39, 0.29) is 43.9 Å². The molecule has 0 aromatic rings. The van der Waals surface area contributed by atoms with Gasteiger partial charge < -0.3 is 0 Å². The summed E-state index contributed by atoms with van der Waals surface area (Å²) < 4.78 is 0. The Morgan fingerprint density at radius 1 is 0.250 bits per heavy atom. The van der Waals surface area contributed by atoms with E-state index in [0.717, 1.165) is 0 Å². The molecule has 0 bridgehead atoms. The molecule has 0 atom stereocenters. The highest BCUT2D eigenvalue weighted by Gasteiger charge is 1.95. The molecule has 0 amide bonds. The van der Waals surface area contributed by atoms with Crippen LogP contribution in [0.4, 0.5) is 0 Å². The third kappa shape index (κ3) is 13.5. The summed E-state index contributed by atoms with van der Waals surface area (Å²) in [5.41, 5.74) is 0. The first-order valence-electron chi connectivity index (χ1n) is 4.00. The van der Waals surface area contributed by atoms with Gasteiger partial charge in [0.05, 0.1) is 0 Å². The fourth-order valence-corrected chi connectivity index (χ4v) is 1.41. The molecule has 16 radical (unpaired) electrons. The molecule has 0 aromatic carbocycles. The SMILES string of the molecule is C1CCCCCCC1.[Si].[Si].[Si].[Si]. The summed E-state index contributed by atoms with van der Waals surface area (Å²) in [5, 5.41) is 0. The maximum atomic E-state index is 1.50. The molecule has 0 nitrogen and oxygen atoms in total. The van der Waals surface area contributed by atoms with Crippen molar-refractivity contribution >= 4 is 43.9 Å². The second kappa shape index (κ2) is 17.8. The van der Waals surface area contributed by atoms with Crippen molar-refractivity contribution in [3.05, 3.63) is 0 Å². The fraction of sp³-hybridized carbons (Fsp3) is 1.00. The molecule has 1 saturated carbocycles. The minimum atomic E-state index is 0. The number of hydrogen-bond donors (Lipinski definition) is 0. The molecule has 1 aliphatic rings. The van der Waals surface area contributed by atoms with Crippen LogP contribution < -0.4 is 0 Å². The second-order valence-corrected chi connectivity index (χ2v) is 2.83. The van der Waals surface area contributed by atoms with Crippen molar-refractivity contribution in [2.24, 2.45) is 0 Å². The molecule has 0 aromatic heterocycles. The van der Waals surface area contributed by atoms with E-state index in [1.54, 1.807) is 0 Å². The monoisotopic (exact) mass is 224 g/mol. The van der Waals surface area contributed by atoms with Crippen molar-refractivity contribution in [3.8, 4) is 0 Å². The lowest BCUT2D eigenvalue weighted by molar-refractivity contribution is 0.504. The Bertz CT molecular complexity index is 35.0. The predicted molar refractivity (Wildman–Crippen MR) is 60.0 cm³/mol. The molecule has 0 spiro atoms. The zero-order valence-electron chi connectivity index (χ0n) is 7.66. The average molecular weight is 225 g/mol. The summed E-state index contributed by atoms with van der Waals surface area (Å²) in [6.45, 7) is 0. The van der Waals surface area contributed by atoms with Crippen LogP contribution in [-0.2, 0) is 0 Å². The summed E-state index contributed by atoms with van der Waals surface area (Å²) in [6.07, 6.45) is 12.0. The second-order valence-electron chi connectivity index (χ2n) is 2.83. The molecule has 0 unspecified atom stereocenters. The molecule has 0 saturated heterocycles. The molecule has 1 fully saturated rings. The lowest BCUT2D eigenvalue weighted by Crippen LogP contribution is -1.85. The van der Waals surface area contributed by atoms with Crippen molar-refractivity contribution in [1.29, 1.82) is 0 Å². The van der Waals surface area contributed by atoms with E-state index in [0.29, 0.717) is 0 Å². The Hall–Kier alpha value is 0.868. The highest BCUT2D eigenvalue weighted by Crippen LogP contribution is 2.15. The van der Waals surface area contributed by atoms with E-state index in [9.17, 15) is 0 Å². The van der Waals surface area contributed by atoms with Crippen molar-refractivity contribution in [1.82, 2.24) is 0 Å². The summed E-state index contributed by atoms with van der Waals surface area (Å²) in [5.74, 6) is 0. The minimum Gasteiger partial charge on any atom is -0.0533 e. The van der Waals surface area contributed by atoms with Gasteiger partial charge in [0.1, 0.15) is 0 Å². The van der Waals surface area contributed by atoms with Gasteiger partial charge in [-0.2, -0.15) is 0 Å². The topological polar surface area (TPSA) is 0 Å². The van der Waals surface area contributed by atoms with Gasteiger partial charge in [0.2, 0.25) is 0 Å². The van der Waals surface area contributed by atoms with Crippen molar-refractivity contribution in [2.45, 2.75) is 51.4 Å². The Morgan fingerprint density at radius 2 is 0.333 bits per heavy atom. The van der Waals surface area contributed by atoms with Gasteiger partial charge >= 0.3 is 0 Å². The third-order valence-corrected chi connectivity index (χ3v) is 2.00. The van der Waals surface area contributed by atoms with Gasteiger partial charge in [-0.3, -0.25) is 0 Å². The van der Waals surface area contributed by atoms with Crippen LogP contribution in [0.15, 0.2) is 0 Å². The first-order chi connectivity index (χ1) is 4.00. The maximum absolute atomic E-state index is 1.50. The zero-order valence-corrected chi connectivity index (χ0v) is 11.7. The highest BCUT2D eigenvalue weighted by atomic mass is 28.1. The van der Waals surface area contributed by atoms with Crippen LogP contribution in [0.3, 0.4) is 0 Å². The van der Waals surface area contributed by atoms with E-state index in [2.05, 4.69) is 0 Å². The summed E-state index contributed by atoms with van der Waals surface area (Å²) in [6, 6.07) is 0. The van der Waals surface area contributed by atoms with Gasteiger partial charge in [0, 0.05) is 43.9 Å². The first-order valence-corrected chi connectivity index (χ1v) is 4.00. The Balaban J connectivity index is -0.0000000800. The lowest BCUT2D eigenvalue weighted by atomic mass is 10.0. The van der Waals surface area contributed by atoms with Crippen molar-refractivity contribution in [3.63, 3.8) is 0 Å². The summed E-state index contributed by atoms with van der Waals surface area (Å²) >= 11 is 0. The Labute approximate surface area is 95.4 Å². The van der Waals surface area contributed by atoms with Crippen LogP contribution in [0.2, 0.25) is 0 Å². The van der Waals surface area contributed by atoms with Gasteiger partial charge in [0.15, 0.2) is 0 Å². The minimum absolute atomic E-state index is 0. The Kier molecular flexibility index (Phi) is 34.2. The van der Waals surface area contributed by atoms with Crippen LogP contribution in [0, 0.1) is 0 Å². The van der Waals surface area contributed by atoms with E-state index >= 15 is 0 Å². The number of hydrogen-bond acceptors (Lipinski definition) is 0. The van der Waals surface area contributed by atoms with Crippen LogP contribution >= 0.6 is 0 Å². The Morgan fingerprint density at radius 3 is 0.417 bits per heavy atom. The highest BCUT2D eigenvalue weighted by molar-refractivity contribution is 5.76. The number of rotatable bonds is 0. The van der Waals surface area contributed by atoms with Crippen molar-refractivity contribution < 1.29 is 0 Å². The summed E-state index contributed by atoms with van der Waals surface area (Å²) in [7, 11) is 0. The maximum Gasteiger partial charge on any atom is 0 e. The van der Waals surface area contributed by atoms with Gasteiger partial charge in [-0.1, -0.05) is 51.4 Å². The third-order valence-electron chi connectivity index (χ3n) is 2.00. The molecule has 0 N–H and O–H groups in total. The van der Waals surface area contributed by atoms with E-state index in [1.807, 2.05) is 0 Å². The van der Waals surface area contributed by atoms with Crippen LogP contribution in [0.25, 0.3) is 0 Å². The van der Waals surface area contributed by atoms with Gasteiger partial charge in [-0.05, 0) is 0 Å². The normalized spacial score (nSPS) is 16.0. The predicted octanol–water partition coefficient (Wildman–Crippen LogP) is 1.60. The fourth-order valence-electron chi connectivity index (χ4n) is 1.41. The molecule has 1 rings (SSSR count). The zero-order chi connectivity index (χ0) is 5.66. The largest absolute Gasteiger partial charge is 0.0533 e. The van der Waals surface area contributed by atoms with Crippen molar-refractivity contribution in [2.75, 3.05) is 0 Å². The van der Waals surface area contributed by atoms with Crippen LogP contribution in [0.5, 0.6) is 0 Å². The standard InChI is InChI=1S/C8H16.4Si/c1-2-4-6-8-7-5-3-1;;;;/h1-8H2;;;;. The van der Waals surface area contributed by atoms with Gasteiger partial charge in [0.25, 0.3) is 0 Å². The molecular formula is C8H16Si4. The van der Waals surface area contributed by atoms with Crippen LogP contribution in [0.1, 0.15) is 51.4 Å². The molecule has 0 heterocycles.